The first-order valence-corrected chi connectivity index (χ1v) is 13.0. The fourth-order valence-electron chi connectivity index (χ4n) is 2.77. The first kappa shape index (κ1) is 19.5. The van der Waals surface area contributed by atoms with Crippen LogP contribution in [0.1, 0.15) is 27.7 Å². The maximum absolute atomic E-state index is 6.17. The fourth-order valence-corrected chi connectivity index (χ4v) is 3.53. The van der Waals surface area contributed by atoms with Crippen molar-refractivity contribution in [2.75, 3.05) is 6.61 Å². The number of fused-ring (bicyclic) bond motifs is 1. The minimum Gasteiger partial charge on any atom is -0.398 e. The third-order valence-electron chi connectivity index (χ3n) is 5.22. The molecule has 0 aliphatic carbocycles. The first-order chi connectivity index (χ1) is 12.0. The third-order valence-corrected chi connectivity index (χ3v) is 6.93. The van der Waals surface area contributed by atoms with E-state index in [1.165, 1.54) is 0 Å². The minimum atomic E-state index is -1.10. The Labute approximate surface area is 157 Å². The third kappa shape index (κ3) is 3.88. The Kier molecular flexibility index (Phi) is 5.07. The van der Waals surface area contributed by atoms with E-state index in [0.717, 1.165) is 23.7 Å². The van der Waals surface area contributed by atoms with Gasteiger partial charge in [0.25, 0.3) is 0 Å². The van der Waals surface area contributed by atoms with Gasteiger partial charge in [-0.25, -0.2) is 4.68 Å². The Morgan fingerprint density at radius 1 is 1.15 bits per heavy atom. The molecule has 1 aliphatic rings. The zero-order valence-electron chi connectivity index (χ0n) is 17.0. The average Bonchev–Trinajstić information content (AvgIpc) is 2.98. The second-order valence-corrected chi connectivity index (χ2v) is 14.8. The van der Waals surface area contributed by atoms with E-state index in [2.05, 4.69) is 24.6 Å². The molecule has 0 amide bonds. The first-order valence-electron chi connectivity index (χ1n) is 9.25. The molecule has 0 radical (unpaired) electrons. The average molecular weight is 375 g/mol. The van der Waals surface area contributed by atoms with Crippen LogP contribution in [0.3, 0.4) is 0 Å². The Morgan fingerprint density at radius 2 is 1.81 bits per heavy atom. The van der Waals surface area contributed by atoms with Gasteiger partial charge < -0.3 is 14.0 Å². The van der Waals surface area contributed by atoms with Gasteiger partial charge in [0.1, 0.15) is 17.8 Å². The molecule has 6 nitrogen and oxygen atoms in total. The number of ether oxygens (including phenoxy) is 1. The lowest BCUT2D eigenvalue weighted by molar-refractivity contribution is 0.00578. The summed E-state index contributed by atoms with van der Waals surface area (Å²) in [4.78, 5) is 4.52. The largest absolute Gasteiger partial charge is 0.518 e. The van der Waals surface area contributed by atoms with E-state index in [-0.39, 0.29) is 0 Å². The molecule has 3 heterocycles. The van der Waals surface area contributed by atoms with E-state index in [0.29, 0.717) is 12.3 Å². The molecule has 1 fully saturated rings. The molecule has 0 aromatic carbocycles. The molecule has 3 rings (SSSR count). The van der Waals surface area contributed by atoms with Crippen molar-refractivity contribution in [3.05, 3.63) is 18.3 Å². The highest BCUT2D eigenvalue weighted by Gasteiger charge is 2.53. The number of aromatic nitrogens is 3. The lowest BCUT2D eigenvalue weighted by Gasteiger charge is -2.32. The highest BCUT2D eigenvalue weighted by atomic mass is 28.3. The molecule has 0 saturated carbocycles. The van der Waals surface area contributed by atoms with E-state index in [4.69, 9.17) is 19.1 Å². The smallest absolute Gasteiger partial charge is 0.398 e. The van der Waals surface area contributed by atoms with E-state index < -0.39 is 26.4 Å². The molecule has 2 aromatic heterocycles. The Morgan fingerprint density at radius 3 is 2.42 bits per heavy atom. The van der Waals surface area contributed by atoms with E-state index in [1.54, 1.807) is 6.20 Å². The van der Waals surface area contributed by atoms with Crippen LogP contribution in [0.25, 0.3) is 11.0 Å². The SMILES string of the molecule is CC1(C)OB(c2nn(COCC[Si](C)(C)C)c3cccnc23)OC1(C)C. The van der Waals surface area contributed by atoms with Crippen LogP contribution in [0, 0.1) is 0 Å². The van der Waals surface area contributed by atoms with Crippen LogP contribution in [0.2, 0.25) is 25.7 Å². The molecular weight excluding hydrogens is 345 g/mol. The summed E-state index contributed by atoms with van der Waals surface area (Å²) in [6.07, 6.45) is 1.77. The number of pyridine rings is 1. The van der Waals surface area contributed by atoms with Crippen LogP contribution in [0.4, 0.5) is 0 Å². The van der Waals surface area contributed by atoms with E-state index in [1.807, 2.05) is 44.5 Å². The van der Waals surface area contributed by atoms with Gasteiger partial charge >= 0.3 is 7.12 Å². The van der Waals surface area contributed by atoms with Gasteiger partial charge in [0.2, 0.25) is 0 Å². The Bertz CT molecular complexity index is 770. The molecule has 142 valence electrons. The molecular formula is C18H30BN3O3Si. The lowest BCUT2D eigenvalue weighted by Crippen LogP contribution is -2.41. The molecule has 0 spiro atoms. The van der Waals surface area contributed by atoms with Crippen molar-refractivity contribution in [2.45, 2.75) is 71.3 Å². The standard InChI is InChI=1S/C18H30BN3O3Si/c1-17(2)18(3,4)25-19(24-17)16-15-14(9-8-10-20-15)22(21-16)13-23-11-12-26(5,6)7/h8-10H,11-13H2,1-7H3. The summed E-state index contributed by atoms with van der Waals surface area (Å²) >= 11 is 0. The summed E-state index contributed by atoms with van der Waals surface area (Å²) in [7, 11) is -1.63. The van der Waals surface area contributed by atoms with Crippen LogP contribution in [0.15, 0.2) is 18.3 Å². The molecule has 1 aliphatic heterocycles. The van der Waals surface area contributed by atoms with Crippen molar-refractivity contribution in [1.29, 1.82) is 0 Å². The summed E-state index contributed by atoms with van der Waals surface area (Å²) in [6, 6.07) is 5.05. The molecule has 26 heavy (non-hydrogen) atoms. The van der Waals surface area contributed by atoms with Crippen LogP contribution in [-0.2, 0) is 20.8 Å². The molecule has 2 aromatic rings. The molecule has 8 heteroatoms. The highest BCUT2D eigenvalue weighted by Crippen LogP contribution is 2.36. The van der Waals surface area contributed by atoms with Crippen LogP contribution in [0.5, 0.6) is 0 Å². The minimum absolute atomic E-state index is 0.406. The normalized spacial score (nSPS) is 19.4. The van der Waals surface area contributed by atoms with E-state index >= 15 is 0 Å². The van der Waals surface area contributed by atoms with Gasteiger partial charge in [-0.15, -0.1) is 0 Å². The zero-order valence-corrected chi connectivity index (χ0v) is 18.0. The van der Waals surface area contributed by atoms with Gasteiger partial charge in [0.15, 0.2) is 0 Å². The summed E-state index contributed by atoms with van der Waals surface area (Å²) < 4.78 is 20.1. The van der Waals surface area contributed by atoms with Crippen molar-refractivity contribution in [3.63, 3.8) is 0 Å². The second kappa shape index (κ2) is 6.74. The van der Waals surface area contributed by atoms with Crippen LogP contribution in [-0.4, -0.2) is 47.8 Å². The number of hydrogen-bond donors (Lipinski definition) is 0. The van der Waals surface area contributed by atoms with Gasteiger partial charge in [-0.3, -0.25) is 4.98 Å². The summed E-state index contributed by atoms with van der Waals surface area (Å²) in [5.41, 5.74) is 1.64. The molecule has 0 unspecified atom stereocenters. The molecule has 0 bridgehead atoms. The second-order valence-electron chi connectivity index (χ2n) is 9.19. The number of rotatable bonds is 6. The summed E-state index contributed by atoms with van der Waals surface area (Å²) in [5.74, 6) is 0. The van der Waals surface area contributed by atoms with Gasteiger partial charge in [-0.05, 0) is 45.9 Å². The summed E-state index contributed by atoms with van der Waals surface area (Å²) in [5, 5.41) is 4.73. The van der Waals surface area contributed by atoms with Crippen LogP contribution >= 0.6 is 0 Å². The Hall–Kier alpha value is -1.22. The van der Waals surface area contributed by atoms with Gasteiger partial charge in [0.05, 0.1) is 16.7 Å². The summed E-state index contributed by atoms with van der Waals surface area (Å²) in [6.45, 7) is 16.4. The fraction of sp³-hybridized carbons (Fsp3) is 0.667. The van der Waals surface area contributed by atoms with Crippen molar-refractivity contribution in [3.8, 4) is 0 Å². The van der Waals surface area contributed by atoms with Crippen molar-refractivity contribution >= 4 is 31.8 Å². The molecule has 1 saturated heterocycles. The molecule has 0 N–H and O–H groups in total. The predicted octanol–water partition coefficient (Wildman–Crippen LogP) is 3.04. The Balaban J connectivity index is 1.82. The predicted molar refractivity (Wildman–Crippen MR) is 107 cm³/mol. The van der Waals surface area contributed by atoms with E-state index in [9.17, 15) is 0 Å². The van der Waals surface area contributed by atoms with Crippen molar-refractivity contribution < 1.29 is 14.0 Å². The maximum Gasteiger partial charge on any atom is 0.518 e. The zero-order chi connectivity index (χ0) is 19.2. The van der Waals surface area contributed by atoms with Gasteiger partial charge in [0, 0.05) is 20.9 Å². The quantitative estimate of drug-likeness (QED) is 0.574. The monoisotopic (exact) mass is 375 g/mol. The van der Waals surface area contributed by atoms with Gasteiger partial charge in [-0.1, -0.05) is 19.6 Å². The van der Waals surface area contributed by atoms with Crippen molar-refractivity contribution in [1.82, 2.24) is 14.8 Å². The number of hydrogen-bond acceptors (Lipinski definition) is 5. The highest BCUT2D eigenvalue weighted by molar-refractivity contribution is 6.76. The van der Waals surface area contributed by atoms with Crippen LogP contribution < -0.4 is 5.59 Å². The maximum atomic E-state index is 6.17. The lowest BCUT2D eigenvalue weighted by atomic mass is 9.84. The van der Waals surface area contributed by atoms with Gasteiger partial charge in [-0.2, -0.15) is 5.10 Å². The topological polar surface area (TPSA) is 58.4 Å². The van der Waals surface area contributed by atoms with Crippen molar-refractivity contribution in [2.24, 2.45) is 0 Å². The molecule has 0 atom stereocenters. The number of nitrogens with zero attached hydrogens (tertiary/aromatic N) is 3.